The van der Waals surface area contributed by atoms with Gasteiger partial charge in [-0.15, -0.1) is 5.10 Å². The van der Waals surface area contributed by atoms with Crippen molar-refractivity contribution in [2.75, 3.05) is 0 Å². The smallest absolute Gasteiger partial charge is 0.209 e. The van der Waals surface area contributed by atoms with E-state index in [1.165, 1.54) is 18.4 Å². The summed E-state index contributed by atoms with van der Waals surface area (Å²) in [6.45, 7) is 4.08. The van der Waals surface area contributed by atoms with Crippen molar-refractivity contribution in [3.63, 3.8) is 0 Å². The number of thioether (sulfide) groups is 1. The van der Waals surface area contributed by atoms with Crippen molar-refractivity contribution in [3.05, 3.63) is 47.3 Å². The Bertz CT molecular complexity index is 815. The fourth-order valence-electron chi connectivity index (χ4n) is 2.60. The maximum atomic E-state index is 4.52. The Morgan fingerprint density at radius 2 is 1.96 bits per heavy atom. The van der Waals surface area contributed by atoms with E-state index in [9.17, 15) is 0 Å². The summed E-state index contributed by atoms with van der Waals surface area (Å²) in [4.78, 5) is 0. The van der Waals surface area contributed by atoms with Crippen LogP contribution >= 0.6 is 11.8 Å². The first-order chi connectivity index (χ1) is 11.2. The van der Waals surface area contributed by atoms with E-state index < -0.39 is 0 Å². The molecular formula is C16H18N6S. The molecular weight excluding hydrogens is 308 g/mol. The molecule has 0 spiro atoms. The molecule has 0 aliphatic heterocycles. The minimum atomic E-state index is 0.515. The summed E-state index contributed by atoms with van der Waals surface area (Å²) in [6.07, 6.45) is 2.38. The Morgan fingerprint density at radius 3 is 2.61 bits per heavy atom. The molecule has 0 N–H and O–H groups in total. The second kappa shape index (κ2) is 5.81. The first kappa shape index (κ1) is 14.4. The molecule has 7 heteroatoms. The summed E-state index contributed by atoms with van der Waals surface area (Å²) in [5.74, 6) is 0.866. The number of benzene rings is 1. The number of hydrogen-bond acceptors (Lipinski definition) is 5. The molecule has 1 saturated carbocycles. The van der Waals surface area contributed by atoms with Gasteiger partial charge < -0.3 is 0 Å². The minimum absolute atomic E-state index is 0.515. The molecule has 6 nitrogen and oxygen atoms in total. The zero-order valence-corrected chi connectivity index (χ0v) is 14.0. The molecule has 3 aromatic rings. The highest BCUT2D eigenvalue weighted by molar-refractivity contribution is 7.98. The molecule has 0 unspecified atom stereocenters. The number of aryl methyl sites for hydroxylation is 2. The predicted octanol–water partition coefficient (Wildman–Crippen LogP) is 3.10. The van der Waals surface area contributed by atoms with E-state index in [1.54, 1.807) is 11.8 Å². The van der Waals surface area contributed by atoms with E-state index in [1.807, 2.05) is 16.3 Å². The third kappa shape index (κ3) is 3.01. The fraction of sp³-hybridized carbons (Fsp3) is 0.375. The van der Waals surface area contributed by atoms with Gasteiger partial charge >= 0.3 is 0 Å². The molecule has 118 valence electrons. The lowest BCUT2D eigenvalue weighted by Crippen LogP contribution is -2.00. The lowest BCUT2D eigenvalue weighted by Gasteiger charge is -2.06. The van der Waals surface area contributed by atoms with E-state index in [4.69, 9.17) is 0 Å². The van der Waals surface area contributed by atoms with E-state index >= 15 is 0 Å². The molecule has 23 heavy (non-hydrogen) atoms. The molecule has 1 fully saturated rings. The first-order valence-corrected chi connectivity index (χ1v) is 8.72. The van der Waals surface area contributed by atoms with E-state index in [-0.39, 0.29) is 0 Å². The van der Waals surface area contributed by atoms with Crippen LogP contribution in [0, 0.1) is 13.8 Å². The first-order valence-electron chi connectivity index (χ1n) is 7.74. The average molecular weight is 326 g/mol. The lowest BCUT2D eigenvalue weighted by atomic mass is 10.2. The SMILES string of the molecule is Cc1cc(C)n(-c2ccc(CSc3nnnn3C3CC3)cc2)n1. The zero-order valence-electron chi connectivity index (χ0n) is 13.2. The Hall–Kier alpha value is -2.15. The maximum Gasteiger partial charge on any atom is 0.209 e. The average Bonchev–Trinajstić information content (AvgIpc) is 3.19. The fourth-order valence-corrected chi connectivity index (χ4v) is 3.50. The second-order valence-corrected chi connectivity index (χ2v) is 6.87. The number of aromatic nitrogens is 6. The van der Waals surface area contributed by atoms with Gasteiger partial charge in [-0.2, -0.15) is 5.10 Å². The van der Waals surface area contributed by atoms with Crippen LogP contribution in [0.4, 0.5) is 0 Å². The number of tetrazole rings is 1. The second-order valence-electron chi connectivity index (χ2n) is 5.93. The Labute approximate surface area is 138 Å². The number of nitrogens with zero attached hydrogens (tertiary/aromatic N) is 6. The van der Waals surface area contributed by atoms with Crippen LogP contribution in [0.5, 0.6) is 0 Å². The molecule has 0 saturated heterocycles. The monoisotopic (exact) mass is 326 g/mol. The standard InChI is InChI=1S/C16H18N6S/c1-11-9-12(2)21(18-11)14-5-3-13(4-6-14)10-23-16-17-19-20-22(16)15-7-8-15/h3-6,9,15H,7-8,10H2,1-2H3. The van der Waals surface area contributed by atoms with Gasteiger partial charge in [-0.3, -0.25) is 0 Å². The molecule has 1 aromatic carbocycles. The van der Waals surface area contributed by atoms with Crippen molar-refractivity contribution in [2.24, 2.45) is 0 Å². The zero-order chi connectivity index (χ0) is 15.8. The quantitative estimate of drug-likeness (QED) is 0.674. The number of hydrogen-bond donors (Lipinski definition) is 0. The van der Waals surface area contributed by atoms with Crippen molar-refractivity contribution in [2.45, 2.75) is 43.6 Å². The van der Waals surface area contributed by atoms with E-state index in [0.717, 1.165) is 28.0 Å². The summed E-state index contributed by atoms with van der Waals surface area (Å²) in [5.41, 5.74) is 4.53. The van der Waals surface area contributed by atoms with Crippen molar-refractivity contribution in [1.29, 1.82) is 0 Å². The van der Waals surface area contributed by atoms with Gasteiger partial charge in [-0.1, -0.05) is 23.9 Å². The molecule has 1 aliphatic carbocycles. The Kier molecular flexibility index (Phi) is 3.65. The van der Waals surface area contributed by atoms with Gasteiger partial charge in [-0.25, -0.2) is 9.36 Å². The van der Waals surface area contributed by atoms with Crippen molar-refractivity contribution >= 4 is 11.8 Å². The highest BCUT2D eigenvalue weighted by atomic mass is 32.2. The van der Waals surface area contributed by atoms with Gasteiger partial charge in [0.2, 0.25) is 5.16 Å². The molecule has 0 amide bonds. The molecule has 1 aliphatic rings. The van der Waals surface area contributed by atoms with Crippen molar-refractivity contribution < 1.29 is 0 Å². The largest absolute Gasteiger partial charge is 0.238 e. The van der Waals surface area contributed by atoms with Crippen LogP contribution in [-0.2, 0) is 5.75 Å². The third-order valence-electron chi connectivity index (χ3n) is 3.91. The Morgan fingerprint density at radius 1 is 1.17 bits per heavy atom. The summed E-state index contributed by atoms with van der Waals surface area (Å²) in [7, 11) is 0. The molecule has 0 radical (unpaired) electrons. The topological polar surface area (TPSA) is 61.4 Å². The minimum Gasteiger partial charge on any atom is -0.238 e. The molecule has 2 heterocycles. The van der Waals surface area contributed by atoms with Gasteiger partial charge in [0, 0.05) is 11.4 Å². The molecule has 0 bridgehead atoms. The van der Waals surface area contributed by atoms with Crippen LogP contribution in [0.3, 0.4) is 0 Å². The van der Waals surface area contributed by atoms with Crippen molar-refractivity contribution in [1.82, 2.24) is 30.0 Å². The van der Waals surface area contributed by atoms with Gasteiger partial charge in [0.15, 0.2) is 0 Å². The number of rotatable bonds is 5. The molecule has 2 aromatic heterocycles. The summed E-state index contributed by atoms with van der Waals surface area (Å²) in [5, 5.41) is 17.4. The van der Waals surface area contributed by atoms with Crippen LogP contribution in [-0.4, -0.2) is 30.0 Å². The highest BCUT2D eigenvalue weighted by Gasteiger charge is 2.27. The van der Waals surface area contributed by atoms with Crippen LogP contribution in [0.1, 0.15) is 35.8 Å². The van der Waals surface area contributed by atoms with Crippen LogP contribution in [0.15, 0.2) is 35.5 Å². The lowest BCUT2D eigenvalue weighted by molar-refractivity contribution is 0.565. The van der Waals surface area contributed by atoms with E-state index in [2.05, 4.69) is 57.9 Å². The highest BCUT2D eigenvalue weighted by Crippen LogP contribution is 2.36. The van der Waals surface area contributed by atoms with Gasteiger partial charge in [0.1, 0.15) is 0 Å². The summed E-state index contributed by atoms with van der Waals surface area (Å²) < 4.78 is 3.93. The summed E-state index contributed by atoms with van der Waals surface area (Å²) in [6, 6.07) is 11.1. The van der Waals surface area contributed by atoms with Gasteiger partial charge in [0.25, 0.3) is 0 Å². The predicted molar refractivity (Wildman–Crippen MR) is 88.7 cm³/mol. The van der Waals surface area contributed by atoms with Gasteiger partial charge in [-0.05, 0) is 60.9 Å². The van der Waals surface area contributed by atoms with Crippen LogP contribution < -0.4 is 0 Å². The van der Waals surface area contributed by atoms with Crippen LogP contribution in [0.25, 0.3) is 5.69 Å². The van der Waals surface area contributed by atoms with Gasteiger partial charge in [0.05, 0.1) is 17.4 Å². The molecule has 0 atom stereocenters. The van der Waals surface area contributed by atoms with Crippen molar-refractivity contribution in [3.8, 4) is 5.69 Å². The molecule has 4 rings (SSSR count). The van der Waals surface area contributed by atoms with E-state index in [0.29, 0.717) is 6.04 Å². The van der Waals surface area contributed by atoms with Crippen LogP contribution in [0.2, 0.25) is 0 Å². The third-order valence-corrected chi connectivity index (χ3v) is 4.92. The maximum absolute atomic E-state index is 4.52. The normalized spacial score (nSPS) is 14.3. The summed E-state index contributed by atoms with van der Waals surface area (Å²) >= 11 is 1.69. The Balaban J connectivity index is 1.46.